The van der Waals surface area contributed by atoms with Crippen molar-refractivity contribution in [3.63, 3.8) is 0 Å². The number of allylic oxidation sites excluding steroid dienone is 2. The second kappa shape index (κ2) is 4.66. The van der Waals surface area contributed by atoms with Gasteiger partial charge < -0.3 is 0 Å². The average molecular weight is 236 g/mol. The van der Waals surface area contributed by atoms with Crippen molar-refractivity contribution in [3.05, 3.63) is 35.1 Å². The molecule has 0 atom stereocenters. The minimum Gasteiger partial charge on any atom is -0.255 e. The van der Waals surface area contributed by atoms with Gasteiger partial charge in [0.15, 0.2) is 0 Å². The summed E-state index contributed by atoms with van der Waals surface area (Å²) in [4.78, 5) is 3.64. The van der Waals surface area contributed by atoms with Crippen molar-refractivity contribution in [2.45, 2.75) is 19.5 Å². The van der Waals surface area contributed by atoms with E-state index in [0.29, 0.717) is 0 Å². The molecule has 0 aliphatic heterocycles. The van der Waals surface area contributed by atoms with Crippen molar-refractivity contribution in [3.8, 4) is 0 Å². The Labute approximate surface area is 90.6 Å². The largest absolute Gasteiger partial charge is 0.418 e. The van der Waals surface area contributed by atoms with Crippen LogP contribution in [0.3, 0.4) is 0 Å². The van der Waals surface area contributed by atoms with Crippen LogP contribution in [0.5, 0.6) is 0 Å². The predicted octanol–water partition coefficient (Wildman–Crippen LogP) is 4.09. The van der Waals surface area contributed by atoms with Crippen molar-refractivity contribution < 1.29 is 13.2 Å². The standard InChI is InChI=1S/C10H9ClF3N/c1-2-4-7(10(12,13)14)9-8(11)5-3-6-15-9/h3-6H,2H2,1H3/b7-4-. The molecular formula is C10H9ClF3N. The fraction of sp³-hybridized carbons (Fsp3) is 0.300. The molecule has 1 aromatic rings. The van der Waals surface area contributed by atoms with Crippen LogP contribution in [0.25, 0.3) is 5.57 Å². The highest BCUT2D eigenvalue weighted by molar-refractivity contribution is 6.32. The van der Waals surface area contributed by atoms with Gasteiger partial charge in [-0.15, -0.1) is 0 Å². The molecule has 1 aromatic heterocycles. The van der Waals surface area contributed by atoms with E-state index >= 15 is 0 Å². The molecule has 0 unspecified atom stereocenters. The highest BCUT2D eigenvalue weighted by atomic mass is 35.5. The molecule has 0 spiro atoms. The predicted molar refractivity (Wildman–Crippen MR) is 53.6 cm³/mol. The van der Waals surface area contributed by atoms with Crippen LogP contribution >= 0.6 is 11.6 Å². The number of nitrogens with zero attached hydrogens (tertiary/aromatic N) is 1. The molecule has 1 heterocycles. The molecule has 0 N–H and O–H groups in total. The van der Waals surface area contributed by atoms with Crippen molar-refractivity contribution in [1.29, 1.82) is 0 Å². The Kier molecular flexibility index (Phi) is 3.74. The van der Waals surface area contributed by atoms with E-state index in [0.717, 1.165) is 6.08 Å². The smallest absolute Gasteiger partial charge is 0.255 e. The van der Waals surface area contributed by atoms with E-state index in [9.17, 15) is 13.2 Å². The average Bonchev–Trinajstić information content (AvgIpc) is 2.14. The first-order chi connectivity index (χ1) is 6.96. The summed E-state index contributed by atoms with van der Waals surface area (Å²) in [5.74, 6) is 0. The summed E-state index contributed by atoms with van der Waals surface area (Å²) in [7, 11) is 0. The Morgan fingerprint density at radius 3 is 2.67 bits per heavy atom. The van der Waals surface area contributed by atoms with E-state index in [1.165, 1.54) is 18.3 Å². The lowest BCUT2D eigenvalue weighted by molar-refractivity contribution is -0.0692. The molecule has 0 radical (unpaired) electrons. The van der Waals surface area contributed by atoms with Gasteiger partial charge in [-0.1, -0.05) is 24.6 Å². The molecule has 82 valence electrons. The lowest BCUT2D eigenvalue weighted by Gasteiger charge is -2.11. The summed E-state index contributed by atoms with van der Waals surface area (Å²) in [5, 5.41) is 0.00882. The Bertz CT molecular complexity index is 371. The van der Waals surface area contributed by atoms with Gasteiger partial charge in [0.05, 0.1) is 16.3 Å². The van der Waals surface area contributed by atoms with Gasteiger partial charge in [0.2, 0.25) is 0 Å². The summed E-state index contributed by atoms with van der Waals surface area (Å²) >= 11 is 5.66. The Hall–Kier alpha value is -1.03. The number of aromatic nitrogens is 1. The molecule has 1 rings (SSSR count). The molecule has 0 saturated carbocycles. The van der Waals surface area contributed by atoms with Crippen LogP contribution in [0.2, 0.25) is 5.02 Å². The van der Waals surface area contributed by atoms with Crippen LogP contribution in [0.1, 0.15) is 19.0 Å². The normalized spacial score (nSPS) is 13.0. The molecule has 1 nitrogen and oxygen atoms in total. The number of pyridine rings is 1. The van der Waals surface area contributed by atoms with Gasteiger partial charge in [0, 0.05) is 6.20 Å². The first-order valence-electron chi connectivity index (χ1n) is 4.35. The fourth-order valence-corrected chi connectivity index (χ4v) is 1.36. The number of alkyl halides is 3. The number of halogens is 4. The molecule has 15 heavy (non-hydrogen) atoms. The van der Waals surface area contributed by atoms with Gasteiger partial charge in [0.1, 0.15) is 0 Å². The Balaban J connectivity index is 3.24. The van der Waals surface area contributed by atoms with Crippen LogP contribution in [-0.4, -0.2) is 11.2 Å². The van der Waals surface area contributed by atoms with E-state index in [2.05, 4.69) is 4.98 Å². The van der Waals surface area contributed by atoms with Crippen molar-refractivity contribution >= 4 is 17.2 Å². The molecule has 0 aliphatic carbocycles. The Morgan fingerprint density at radius 1 is 1.53 bits per heavy atom. The minimum absolute atomic E-state index is 0.00882. The highest BCUT2D eigenvalue weighted by Crippen LogP contribution is 2.35. The van der Waals surface area contributed by atoms with Gasteiger partial charge in [-0.3, -0.25) is 4.98 Å². The molecule has 0 saturated heterocycles. The third kappa shape index (κ3) is 2.96. The Morgan fingerprint density at radius 2 is 2.20 bits per heavy atom. The van der Waals surface area contributed by atoms with E-state index in [-0.39, 0.29) is 17.1 Å². The van der Waals surface area contributed by atoms with Gasteiger partial charge >= 0.3 is 6.18 Å². The molecule has 5 heteroatoms. The monoisotopic (exact) mass is 235 g/mol. The highest BCUT2D eigenvalue weighted by Gasteiger charge is 2.36. The summed E-state index contributed by atoms with van der Waals surface area (Å²) in [6.45, 7) is 1.63. The van der Waals surface area contributed by atoms with Crippen LogP contribution in [0.4, 0.5) is 13.2 Å². The maximum atomic E-state index is 12.6. The van der Waals surface area contributed by atoms with E-state index in [1.807, 2.05) is 0 Å². The van der Waals surface area contributed by atoms with Crippen LogP contribution in [0.15, 0.2) is 24.4 Å². The van der Waals surface area contributed by atoms with E-state index in [1.54, 1.807) is 6.92 Å². The second-order valence-corrected chi connectivity index (χ2v) is 3.26. The zero-order valence-electron chi connectivity index (χ0n) is 7.98. The number of hydrogen-bond acceptors (Lipinski definition) is 1. The minimum atomic E-state index is -4.42. The summed E-state index contributed by atoms with van der Waals surface area (Å²) in [6, 6.07) is 2.88. The number of hydrogen-bond donors (Lipinski definition) is 0. The first kappa shape index (κ1) is 12.0. The maximum absolute atomic E-state index is 12.6. The molecule has 0 fully saturated rings. The lowest BCUT2D eigenvalue weighted by Crippen LogP contribution is -2.12. The number of rotatable bonds is 2. The molecule has 0 bridgehead atoms. The fourth-order valence-electron chi connectivity index (χ4n) is 1.13. The van der Waals surface area contributed by atoms with Gasteiger partial charge in [-0.25, -0.2) is 0 Å². The third-order valence-corrected chi connectivity index (χ3v) is 2.03. The van der Waals surface area contributed by atoms with Crippen molar-refractivity contribution in [2.24, 2.45) is 0 Å². The zero-order chi connectivity index (χ0) is 11.5. The maximum Gasteiger partial charge on any atom is 0.418 e. The van der Waals surface area contributed by atoms with Gasteiger partial charge in [-0.05, 0) is 18.6 Å². The molecule has 0 aliphatic rings. The summed E-state index contributed by atoms with van der Waals surface area (Å²) in [6.07, 6.45) is -1.78. The zero-order valence-corrected chi connectivity index (χ0v) is 8.73. The molecular weight excluding hydrogens is 227 g/mol. The van der Waals surface area contributed by atoms with Crippen LogP contribution in [-0.2, 0) is 0 Å². The van der Waals surface area contributed by atoms with Crippen LogP contribution in [0, 0.1) is 0 Å². The van der Waals surface area contributed by atoms with Crippen LogP contribution < -0.4 is 0 Å². The van der Waals surface area contributed by atoms with E-state index < -0.39 is 11.7 Å². The third-order valence-electron chi connectivity index (χ3n) is 1.73. The SMILES string of the molecule is CC/C=C(/c1ncccc1Cl)C(F)(F)F. The first-order valence-corrected chi connectivity index (χ1v) is 4.73. The summed E-state index contributed by atoms with van der Waals surface area (Å²) in [5.41, 5.74) is -0.996. The second-order valence-electron chi connectivity index (χ2n) is 2.86. The molecule has 0 aromatic carbocycles. The topological polar surface area (TPSA) is 12.9 Å². The van der Waals surface area contributed by atoms with Crippen molar-refractivity contribution in [1.82, 2.24) is 4.98 Å². The lowest BCUT2D eigenvalue weighted by atomic mass is 10.1. The summed E-state index contributed by atoms with van der Waals surface area (Å²) < 4.78 is 37.8. The van der Waals surface area contributed by atoms with E-state index in [4.69, 9.17) is 11.6 Å². The van der Waals surface area contributed by atoms with Crippen molar-refractivity contribution in [2.75, 3.05) is 0 Å². The van der Waals surface area contributed by atoms with Gasteiger partial charge in [0.25, 0.3) is 0 Å². The molecule has 0 amide bonds. The van der Waals surface area contributed by atoms with Gasteiger partial charge in [-0.2, -0.15) is 13.2 Å². The quantitative estimate of drug-likeness (QED) is 0.752.